The SMILES string of the molecule is CCOC(=O)CN(C)C(=O)c1csc(CN2CCN(S(=O)(=O)c3cc4ccc(Cl)cc4s3)CC2=O)n1. The first-order valence-electron chi connectivity index (χ1n) is 10.9. The number of carbonyl (C=O) groups is 3. The summed E-state index contributed by atoms with van der Waals surface area (Å²) in [5.41, 5.74) is 0.167. The number of likely N-dealkylation sites (N-methyl/N-ethyl adjacent to an activating group) is 1. The molecule has 0 aliphatic carbocycles. The molecule has 1 aliphatic rings. The van der Waals surface area contributed by atoms with Crippen molar-refractivity contribution in [1.82, 2.24) is 19.1 Å². The van der Waals surface area contributed by atoms with E-state index in [1.54, 1.807) is 36.6 Å². The Morgan fingerprint density at radius 1 is 1.25 bits per heavy atom. The summed E-state index contributed by atoms with van der Waals surface area (Å²) >= 11 is 8.35. The van der Waals surface area contributed by atoms with Crippen molar-refractivity contribution in [3.63, 3.8) is 0 Å². The number of thiazole rings is 1. The molecule has 2 aromatic heterocycles. The molecule has 0 radical (unpaired) electrons. The van der Waals surface area contributed by atoms with Gasteiger partial charge in [0.05, 0.1) is 19.7 Å². The molecule has 4 rings (SSSR count). The van der Waals surface area contributed by atoms with Crippen LogP contribution in [0.5, 0.6) is 0 Å². The summed E-state index contributed by atoms with van der Waals surface area (Å²) < 4.78 is 33.3. The number of esters is 1. The molecule has 36 heavy (non-hydrogen) atoms. The molecule has 0 bridgehead atoms. The zero-order valence-corrected chi connectivity index (χ0v) is 22.7. The summed E-state index contributed by atoms with van der Waals surface area (Å²) in [5.74, 6) is -1.30. The van der Waals surface area contributed by atoms with Gasteiger partial charge in [0.15, 0.2) is 0 Å². The number of fused-ring (bicyclic) bond motifs is 1. The zero-order chi connectivity index (χ0) is 26.0. The highest BCUT2D eigenvalue weighted by atomic mass is 35.5. The Morgan fingerprint density at radius 2 is 2.03 bits per heavy atom. The second kappa shape index (κ2) is 10.8. The molecule has 14 heteroatoms. The maximum absolute atomic E-state index is 13.2. The number of hydrogen-bond acceptors (Lipinski definition) is 9. The molecule has 1 aromatic carbocycles. The predicted octanol–water partition coefficient (Wildman–Crippen LogP) is 2.68. The standard InChI is InChI=1S/C22H23ClN4O6S3/c1-3-33-20(29)12-25(2)22(30)16-13-34-18(24-16)10-26-6-7-27(11-19(26)28)36(31,32)21-8-14-4-5-15(23)9-17(14)35-21/h4-5,8-9,13H,3,6-7,10-12H2,1-2H3. The number of benzene rings is 1. The molecule has 3 aromatic rings. The highest BCUT2D eigenvalue weighted by molar-refractivity contribution is 7.91. The van der Waals surface area contributed by atoms with E-state index in [1.807, 2.05) is 0 Å². The summed E-state index contributed by atoms with van der Waals surface area (Å²) in [6, 6.07) is 6.77. The first-order valence-corrected chi connectivity index (χ1v) is 14.4. The molecule has 0 atom stereocenters. The number of piperazine rings is 1. The molecular weight excluding hydrogens is 548 g/mol. The van der Waals surface area contributed by atoms with E-state index in [1.165, 1.54) is 32.5 Å². The number of rotatable bonds is 8. The van der Waals surface area contributed by atoms with Gasteiger partial charge >= 0.3 is 5.97 Å². The lowest BCUT2D eigenvalue weighted by atomic mass is 10.3. The van der Waals surface area contributed by atoms with Crippen LogP contribution in [0.25, 0.3) is 10.1 Å². The van der Waals surface area contributed by atoms with Crippen LogP contribution in [0.4, 0.5) is 0 Å². The molecule has 10 nitrogen and oxygen atoms in total. The molecule has 0 spiro atoms. The molecule has 0 N–H and O–H groups in total. The van der Waals surface area contributed by atoms with Crippen molar-refractivity contribution in [2.45, 2.75) is 17.7 Å². The minimum absolute atomic E-state index is 0.141. The Kier molecular flexibility index (Phi) is 7.95. The molecule has 1 saturated heterocycles. The summed E-state index contributed by atoms with van der Waals surface area (Å²) in [6.45, 7) is 1.93. The van der Waals surface area contributed by atoms with Crippen molar-refractivity contribution in [2.75, 3.05) is 39.8 Å². The van der Waals surface area contributed by atoms with Crippen molar-refractivity contribution in [1.29, 1.82) is 0 Å². The lowest BCUT2D eigenvalue weighted by Crippen LogP contribution is -2.51. The second-order valence-electron chi connectivity index (χ2n) is 7.99. The number of sulfonamides is 1. The van der Waals surface area contributed by atoms with Crippen LogP contribution in [0.3, 0.4) is 0 Å². The van der Waals surface area contributed by atoms with Gasteiger partial charge < -0.3 is 14.5 Å². The fourth-order valence-corrected chi connectivity index (χ4v) is 7.60. The number of carbonyl (C=O) groups excluding carboxylic acids is 3. The summed E-state index contributed by atoms with van der Waals surface area (Å²) in [7, 11) is -2.36. The van der Waals surface area contributed by atoms with E-state index in [4.69, 9.17) is 16.3 Å². The van der Waals surface area contributed by atoms with E-state index >= 15 is 0 Å². The molecule has 192 valence electrons. The van der Waals surface area contributed by atoms with Gasteiger partial charge in [0.1, 0.15) is 21.5 Å². The topological polar surface area (TPSA) is 117 Å². The van der Waals surface area contributed by atoms with Gasteiger partial charge in [0.25, 0.3) is 15.9 Å². The van der Waals surface area contributed by atoms with Crippen LogP contribution in [0, 0.1) is 0 Å². The van der Waals surface area contributed by atoms with Gasteiger partial charge in [-0.1, -0.05) is 17.7 Å². The average molecular weight is 571 g/mol. The quantitative estimate of drug-likeness (QED) is 0.382. The maximum Gasteiger partial charge on any atom is 0.325 e. The normalized spacial score (nSPS) is 14.9. The Balaban J connectivity index is 1.38. The molecule has 0 unspecified atom stereocenters. The van der Waals surface area contributed by atoms with Crippen LogP contribution >= 0.6 is 34.3 Å². The number of aromatic nitrogens is 1. The first-order chi connectivity index (χ1) is 17.1. The Hall–Kier alpha value is -2.58. The molecule has 3 heterocycles. The Bertz CT molecular complexity index is 1420. The minimum Gasteiger partial charge on any atom is -0.465 e. The van der Waals surface area contributed by atoms with Crippen LogP contribution in [0.1, 0.15) is 22.4 Å². The van der Waals surface area contributed by atoms with Crippen molar-refractivity contribution >= 4 is 72.2 Å². The van der Waals surface area contributed by atoms with Gasteiger partial charge in [-0.3, -0.25) is 14.4 Å². The Labute approximate surface area is 221 Å². The van der Waals surface area contributed by atoms with E-state index in [0.717, 1.165) is 21.4 Å². The number of ether oxygens (including phenoxy) is 1. The first kappa shape index (κ1) is 26.5. The van der Waals surface area contributed by atoms with Crippen LogP contribution in [-0.2, 0) is 30.9 Å². The van der Waals surface area contributed by atoms with Gasteiger partial charge in [-0.15, -0.1) is 22.7 Å². The van der Waals surface area contributed by atoms with Crippen LogP contribution in [0.15, 0.2) is 33.9 Å². The lowest BCUT2D eigenvalue weighted by Gasteiger charge is -2.32. The predicted molar refractivity (Wildman–Crippen MR) is 137 cm³/mol. The number of hydrogen-bond donors (Lipinski definition) is 0. The molecular formula is C22H23ClN4O6S3. The van der Waals surface area contributed by atoms with Crippen LogP contribution < -0.4 is 0 Å². The molecule has 1 fully saturated rings. The number of halogens is 1. The third kappa shape index (κ3) is 5.70. The molecule has 2 amide bonds. The highest BCUT2D eigenvalue weighted by Gasteiger charge is 2.34. The van der Waals surface area contributed by atoms with E-state index in [2.05, 4.69) is 4.98 Å². The number of nitrogens with zero attached hydrogens (tertiary/aromatic N) is 4. The summed E-state index contributed by atoms with van der Waals surface area (Å²) in [4.78, 5) is 44.0. The van der Waals surface area contributed by atoms with Gasteiger partial charge in [-0.05, 0) is 30.5 Å². The van der Waals surface area contributed by atoms with E-state index in [0.29, 0.717) is 10.0 Å². The van der Waals surface area contributed by atoms with Crippen LogP contribution in [0.2, 0.25) is 5.02 Å². The van der Waals surface area contributed by atoms with Crippen molar-refractivity contribution in [2.24, 2.45) is 0 Å². The van der Waals surface area contributed by atoms with Crippen molar-refractivity contribution < 1.29 is 27.5 Å². The number of amides is 2. The molecule has 1 aliphatic heterocycles. The minimum atomic E-state index is -3.84. The maximum atomic E-state index is 13.2. The van der Waals surface area contributed by atoms with E-state index < -0.39 is 21.9 Å². The molecule has 0 saturated carbocycles. The smallest absolute Gasteiger partial charge is 0.325 e. The fraction of sp³-hybridized carbons (Fsp3) is 0.364. The Morgan fingerprint density at radius 3 is 2.75 bits per heavy atom. The average Bonchev–Trinajstić information content (AvgIpc) is 3.47. The lowest BCUT2D eigenvalue weighted by molar-refractivity contribution is -0.143. The third-order valence-electron chi connectivity index (χ3n) is 5.45. The van der Waals surface area contributed by atoms with Gasteiger partial charge in [-0.2, -0.15) is 4.31 Å². The van der Waals surface area contributed by atoms with Gasteiger partial charge in [-0.25, -0.2) is 13.4 Å². The zero-order valence-electron chi connectivity index (χ0n) is 19.5. The van der Waals surface area contributed by atoms with Gasteiger partial charge in [0.2, 0.25) is 5.91 Å². The van der Waals surface area contributed by atoms with Crippen molar-refractivity contribution in [3.05, 3.63) is 45.4 Å². The van der Waals surface area contributed by atoms with Crippen molar-refractivity contribution in [3.8, 4) is 0 Å². The third-order valence-corrected chi connectivity index (χ3v) is 9.91. The summed E-state index contributed by atoms with van der Waals surface area (Å²) in [5, 5.41) is 3.40. The fourth-order valence-electron chi connectivity index (χ4n) is 3.61. The van der Waals surface area contributed by atoms with E-state index in [9.17, 15) is 22.8 Å². The largest absolute Gasteiger partial charge is 0.465 e. The van der Waals surface area contributed by atoms with E-state index in [-0.39, 0.29) is 55.1 Å². The number of thiophene rings is 1. The highest BCUT2D eigenvalue weighted by Crippen LogP contribution is 2.33. The van der Waals surface area contributed by atoms with Gasteiger partial charge in [0, 0.05) is 35.2 Å². The monoisotopic (exact) mass is 570 g/mol. The van der Waals surface area contributed by atoms with Crippen LogP contribution in [-0.4, -0.2) is 85.1 Å². The summed E-state index contributed by atoms with van der Waals surface area (Å²) in [6.07, 6.45) is 0. The second-order valence-corrected chi connectivity index (χ2v) is 12.6.